The summed E-state index contributed by atoms with van der Waals surface area (Å²) in [7, 11) is 0. The summed E-state index contributed by atoms with van der Waals surface area (Å²) in [5.74, 6) is 0. The first kappa shape index (κ1) is 10.6. The molecule has 1 N–H and O–H groups in total. The second kappa shape index (κ2) is 4.77. The Morgan fingerprint density at radius 1 is 0.867 bits per heavy atom. The summed E-state index contributed by atoms with van der Waals surface area (Å²) in [5.41, 5.74) is 1.89. The van der Waals surface area contributed by atoms with Gasteiger partial charge in [-0.05, 0) is 39.8 Å². The number of benzene rings is 2. The maximum absolute atomic E-state index is 10.2. The van der Waals surface area contributed by atoms with Crippen LogP contribution < -0.4 is 0 Å². The quantitative estimate of drug-likeness (QED) is 0.843. The number of rotatable bonds is 2. The maximum atomic E-state index is 10.2. The minimum absolute atomic E-state index is 0.528. The average molecular weight is 310 g/mol. The van der Waals surface area contributed by atoms with Crippen molar-refractivity contribution in [2.75, 3.05) is 0 Å². The molecule has 2 aromatic carbocycles. The third-order valence-electron chi connectivity index (χ3n) is 2.32. The van der Waals surface area contributed by atoms with Crippen LogP contribution in [-0.2, 0) is 0 Å². The fourth-order valence-electron chi connectivity index (χ4n) is 1.51. The first-order valence-corrected chi connectivity index (χ1v) is 5.84. The maximum Gasteiger partial charge on any atom is 0.105 e. The molecule has 0 heterocycles. The zero-order chi connectivity index (χ0) is 10.7. The van der Waals surface area contributed by atoms with E-state index in [1.807, 2.05) is 54.6 Å². The SMILES string of the molecule is O[C@H](c1ccccc1)c1ccccc1I. The van der Waals surface area contributed by atoms with Gasteiger partial charge >= 0.3 is 0 Å². The number of aliphatic hydroxyl groups excluding tert-OH is 1. The molecule has 0 amide bonds. The first-order chi connectivity index (χ1) is 7.29. The van der Waals surface area contributed by atoms with Gasteiger partial charge in [0.1, 0.15) is 6.10 Å². The van der Waals surface area contributed by atoms with Crippen molar-refractivity contribution in [2.45, 2.75) is 6.10 Å². The van der Waals surface area contributed by atoms with E-state index in [1.165, 1.54) is 0 Å². The van der Waals surface area contributed by atoms with Crippen molar-refractivity contribution < 1.29 is 5.11 Å². The molecule has 0 saturated heterocycles. The van der Waals surface area contributed by atoms with Crippen LogP contribution in [-0.4, -0.2) is 5.11 Å². The van der Waals surface area contributed by atoms with E-state index in [0.717, 1.165) is 14.7 Å². The second-order valence-electron chi connectivity index (χ2n) is 3.33. The van der Waals surface area contributed by atoms with Crippen LogP contribution in [0.25, 0.3) is 0 Å². The number of hydrogen-bond acceptors (Lipinski definition) is 1. The van der Waals surface area contributed by atoms with Crippen molar-refractivity contribution in [3.63, 3.8) is 0 Å². The van der Waals surface area contributed by atoms with Gasteiger partial charge in [-0.2, -0.15) is 0 Å². The van der Waals surface area contributed by atoms with Gasteiger partial charge in [-0.1, -0.05) is 48.5 Å². The van der Waals surface area contributed by atoms with Crippen LogP contribution in [0.3, 0.4) is 0 Å². The summed E-state index contributed by atoms with van der Waals surface area (Å²) in [6, 6.07) is 17.6. The Bertz CT molecular complexity index is 439. The minimum atomic E-state index is -0.528. The van der Waals surface area contributed by atoms with E-state index in [2.05, 4.69) is 22.6 Å². The van der Waals surface area contributed by atoms with Gasteiger partial charge in [0.05, 0.1) is 0 Å². The van der Waals surface area contributed by atoms with E-state index < -0.39 is 6.10 Å². The molecule has 0 radical (unpaired) electrons. The van der Waals surface area contributed by atoms with Gasteiger partial charge in [-0.25, -0.2) is 0 Å². The molecule has 0 aliphatic rings. The molecule has 2 rings (SSSR count). The highest BCUT2D eigenvalue weighted by atomic mass is 127. The van der Waals surface area contributed by atoms with Gasteiger partial charge < -0.3 is 5.11 Å². The fourth-order valence-corrected chi connectivity index (χ4v) is 2.19. The molecular formula is C13H11IO. The van der Waals surface area contributed by atoms with Gasteiger partial charge in [0.15, 0.2) is 0 Å². The topological polar surface area (TPSA) is 20.2 Å². The Balaban J connectivity index is 2.37. The molecule has 2 aromatic rings. The van der Waals surface area contributed by atoms with Gasteiger partial charge in [0.2, 0.25) is 0 Å². The molecule has 0 aliphatic heterocycles. The van der Waals surface area contributed by atoms with Gasteiger partial charge in [-0.15, -0.1) is 0 Å². The molecule has 15 heavy (non-hydrogen) atoms. The summed E-state index contributed by atoms with van der Waals surface area (Å²) in [5, 5.41) is 10.2. The Morgan fingerprint density at radius 2 is 1.47 bits per heavy atom. The van der Waals surface area contributed by atoms with Crippen LogP contribution in [0.15, 0.2) is 54.6 Å². The summed E-state index contributed by atoms with van der Waals surface area (Å²) < 4.78 is 1.09. The van der Waals surface area contributed by atoms with Gasteiger partial charge in [-0.3, -0.25) is 0 Å². The lowest BCUT2D eigenvalue weighted by atomic mass is 10.0. The van der Waals surface area contributed by atoms with Crippen molar-refractivity contribution in [3.8, 4) is 0 Å². The Hall–Kier alpha value is -0.870. The minimum Gasteiger partial charge on any atom is -0.384 e. The summed E-state index contributed by atoms with van der Waals surface area (Å²) in [4.78, 5) is 0. The van der Waals surface area contributed by atoms with Crippen LogP contribution in [0.1, 0.15) is 17.2 Å². The smallest absolute Gasteiger partial charge is 0.105 e. The van der Waals surface area contributed by atoms with E-state index in [0.29, 0.717) is 0 Å². The van der Waals surface area contributed by atoms with Crippen molar-refractivity contribution in [1.82, 2.24) is 0 Å². The van der Waals surface area contributed by atoms with Crippen LogP contribution in [0.5, 0.6) is 0 Å². The summed E-state index contributed by atoms with van der Waals surface area (Å²) in [6.45, 7) is 0. The highest BCUT2D eigenvalue weighted by molar-refractivity contribution is 14.1. The molecule has 0 aromatic heterocycles. The standard InChI is InChI=1S/C13H11IO/c14-12-9-5-4-8-11(12)13(15)10-6-2-1-3-7-10/h1-9,13,15H/t13-/m1/s1. The molecule has 0 spiro atoms. The normalized spacial score (nSPS) is 12.4. The molecule has 0 saturated carbocycles. The largest absolute Gasteiger partial charge is 0.384 e. The molecular weight excluding hydrogens is 299 g/mol. The van der Waals surface area contributed by atoms with Crippen LogP contribution in [0.4, 0.5) is 0 Å². The van der Waals surface area contributed by atoms with Gasteiger partial charge in [0.25, 0.3) is 0 Å². The van der Waals surface area contributed by atoms with Crippen molar-refractivity contribution in [2.24, 2.45) is 0 Å². The van der Waals surface area contributed by atoms with Gasteiger partial charge in [0, 0.05) is 3.57 Å². The molecule has 0 fully saturated rings. The summed E-state index contributed by atoms with van der Waals surface area (Å²) in [6.07, 6.45) is -0.528. The Labute approximate surface area is 103 Å². The van der Waals surface area contributed by atoms with E-state index >= 15 is 0 Å². The monoisotopic (exact) mass is 310 g/mol. The summed E-state index contributed by atoms with van der Waals surface area (Å²) >= 11 is 2.24. The highest BCUT2D eigenvalue weighted by Crippen LogP contribution is 2.25. The van der Waals surface area contributed by atoms with Crippen LogP contribution in [0.2, 0.25) is 0 Å². The number of hydrogen-bond donors (Lipinski definition) is 1. The lowest BCUT2D eigenvalue weighted by molar-refractivity contribution is 0.219. The highest BCUT2D eigenvalue weighted by Gasteiger charge is 2.11. The van der Waals surface area contributed by atoms with Crippen LogP contribution >= 0.6 is 22.6 Å². The predicted octanol–water partition coefficient (Wildman–Crippen LogP) is 3.37. The lowest BCUT2D eigenvalue weighted by Crippen LogP contribution is -2.01. The zero-order valence-electron chi connectivity index (χ0n) is 8.10. The molecule has 76 valence electrons. The van der Waals surface area contributed by atoms with Crippen LogP contribution in [0, 0.1) is 3.57 Å². The third kappa shape index (κ3) is 2.38. The molecule has 2 heteroatoms. The lowest BCUT2D eigenvalue weighted by Gasteiger charge is -2.12. The Kier molecular flexibility index (Phi) is 3.38. The van der Waals surface area contributed by atoms with E-state index in [4.69, 9.17) is 0 Å². The van der Waals surface area contributed by atoms with E-state index in [-0.39, 0.29) is 0 Å². The first-order valence-electron chi connectivity index (χ1n) is 4.76. The zero-order valence-corrected chi connectivity index (χ0v) is 10.3. The molecule has 0 unspecified atom stereocenters. The number of aliphatic hydroxyl groups is 1. The Morgan fingerprint density at radius 3 is 2.13 bits per heavy atom. The molecule has 0 aliphatic carbocycles. The van der Waals surface area contributed by atoms with Crippen molar-refractivity contribution in [3.05, 3.63) is 69.3 Å². The second-order valence-corrected chi connectivity index (χ2v) is 4.50. The van der Waals surface area contributed by atoms with Crippen molar-refractivity contribution >= 4 is 22.6 Å². The fraction of sp³-hybridized carbons (Fsp3) is 0.0769. The molecule has 1 atom stereocenters. The number of halogens is 1. The van der Waals surface area contributed by atoms with E-state index in [9.17, 15) is 5.11 Å². The molecule has 1 nitrogen and oxygen atoms in total. The average Bonchev–Trinajstić information content (AvgIpc) is 2.30. The predicted molar refractivity (Wildman–Crippen MR) is 69.7 cm³/mol. The molecule has 0 bridgehead atoms. The third-order valence-corrected chi connectivity index (χ3v) is 3.30. The van der Waals surface area contributed by atoms with E-state index in [1.54, 1.807) is 0 Å². The van der Waals surface area contributed by atoms with Crippen molar-refractivity contribution in [1.29, 1.82) is 0 Å².